The molecule has 3 rings (SSSR count). The summed E-state index contributed by atoms with van der Waals surface area (Å²) >= 11 is 0. The van der Waals surface area contributed by atoms with Gasteiger partial charge in [0, 0.05) is 5.69 Å². The van der Waals surface area contributed by atoms with E-state index in [2.05, 4.69) is 15.6 Å². The second-order valence-corrected chi connectivity index (χ2v) is 4.38. The van der Waals surface area contributed by atoms with Gasteiger partial charge in [-0.3, -0.25) is 4.79 Å². The molecule has 2 N–H and O–H groups in total. The lowest BCUT2D eigenvalue weighted by Crippen LogP contribution is -2.12. The molecule has 0 radical (unpaired) electrons. The van der Waals surface area contributed by atoms with Gasteiger partial charge in [0.15, 0.2) is 5.69 Å². The van der Waals surface area contributed by atoms with Crippen molar-refractivity contribution in [2.75, 3.05) is 5.32 Å². The van der Waals surface area contributed by atoms with Gasteiger partial charge in [0.25, 0.3) is 5.91 Å². The van der Waals surface area contributed by atoms with Crippen molar-refractivity contribution < 1.29 is 9.90 Å². The summed E-state index contributed by atoms with van der Waals surface area (Å²) in [5.41, 5.74) is 1.62. The molecule has 0 aliphatic rings. The smallest absolute Gasteiger partial charge is 0.277 e. The van der Waals surface area contributed by atoms with Crippen LogP contribution in [-0.4, -0.2) is 26.0 Å². The van der Waals surface area contributed by atoms with Gasteiger partial charge in [-0.1, -0.05) is 23.4 Å². The Hall–Kier alpha value is -3.15. The second kappa shape index (κ2) is 5.46. The first-order chi connectivity index (χ1) is 10.2. The summed E-state index contributed by atoms with van der Waals surface area (Å²) in [6.45, 7) is 0. The molecule has 1 aromatic heterocycles. The first-order valence-corrected chi connectivity index (χ1v) is 6.30. The van der Waals surface area contributed by atoms with Gasteiger partial charge in [0.2, 0.25) is 0 Å². The normalized spacial score (nSPS) is 10.3. The zero-order chi connectivity index (χ0) is 14.7. The number of rotatable bonds is 3. The topological polar surface area (TPSA) is 80.0 Å². The van der Waals surface area contributed by atoms with Gasteiger partial charge in [0.05, 0.1) is 11.9 Å². The molecule has 0 unspecified atom stereocenters. The largest absolute Gasteiger partial charge is 0.508 e. The van der Waals surface area contributed by atoms with Crippen LogP contribution in [0.4, 0.5) is 5.69 Å². The molecule has 0 fully saturated rings. The Morgan fingerprint density at radius 3 is 2.48 bits per heavy atom. The van der Waals surface area contributed by atoms with Crippen LogP contribution in [0.5, 0.6) is 5.75 Å². The minimum atomic E-state index is -0.328. The predicted molar refractivity (Wildman–Crippen MR) is 77.4 cm³/mol. The Bertz CT molecular complexity index is 751. The number of nitrogens with one attached hydrogen (secondary N) is 1. The highest BCUT2D eigenvalue weighted by Crippen LogP contribution is 2.13. The number of benzene rings is 2. The molecule has 2 aromatic carbocycles. The molecular weight excluding hydrogens is 268 g/mol. The Morgan fingerprint density at radius 1 is 1.05 bits per heavy atom. The molecule has 0 saturated carbocycles. The van der Waals surface area contributed by atoms with E-state index in [-0.39, 0.29) is 17.4 Å². The first kappa shape index (κ1) is 12.9. The monoisotopic (exact) mass is 280 g/mol. The van der Waals surface area contributed by atoms with E-state index >= 15 is 0 Å². The molecule has 0 saturated heterocycles. The van der Waals surface area contributed by atoms with E-state index in [0.717, 1.165) is 0 Å². The minimum absolute atomic E-state index is 0.168. The molecule has 1 heterocycles. The number of nitrogens with zero attached hydrogens (tertiary/aromatic N) is 3. The van der Waals surface area contributed by atoms with Gasteiger partial charge in [0.1, 0.15) is 5.75 Å². The minimum Gasteiger partial charge on any atom is -0.508 e. The quantitative estimate of drug-likeness (QED) is 0.771. The van der Waals surface area contributed by atoms with Gasteiger partial charge >= 0.3 is 0 Å². The highest BCUT2D eigenvalue weighted by Gasteiger charge is 2.11. The van der Waals surface area contributed by atoms with Crippen LogP contribution in [0.3, 0.4) is 0 Å². The molecule has 104 valence electrons. The number of carbonyl (C=O) groups is 1. The maximum Gasteiger partial charge on any atom is 0.277 e. The number of aromatic hydroxyl groups is 1. The molecule has 21 heavy (non-hydrogen) atoms. The number of phenolic OH excluding ortho intramolecular Hbond substituents is 1. The van der Waals surface area contributed by atoms with Gasteiger partial charge in [-0.05, 0) is 36.4 Å². The second-order valence-electron chi connectivity index (χ2n) is 4.38. The Kier molecular flexibility index (Phi) is 3.34. The van der Waals surface area contributed by atoms with E-state index in [1.54, 1.807) is 36.4 Å². The highest BCUT2D eigenvalue weighted by atomic mass is 16.3. The summed E-state index contributed by atoms with van der Waals surface area (Å²) < 4.78 is 1.47. The summed E-state index contributed by atoms with van der Waals surface area (Å²) in [5, 5.41) is 19.7. The fourth-order valence-electron chi connectivity index (χ4n) is 1.82. The number of para-hydroxylation sites is 1. The third-order valence-electron chi connectivity index (χ3n) is 2.87. The fraction of sp³-hybridized carbons (Fsp3) is 0. The standard InChI is InChI=1S/C15H12N4O2/c20-13-8-6-12(7-9-13)19-10-14(17-18-19)15(21)16-11-4-2-1-3-5-11/h1-10,20H,(H,16,21). The fourth-order valence-corrected chi connectivity index (χ4v) is 1.82. The third-order valence-corrected chi connectivity index (χ3v) is 2.87. The van der Waals surface area contributed by atoms with Crippen LogP contribution in [0, 0.1) is 0 Å². The van der Waals surface area contributed by atoms with Crippen molar-refractivity contribution in [2.45, 2.75) is 0 Å². The van der Waals surface area contributed by atoms with Crippen molar-refractivity contribution in [3.8, 4) is 11.4 Å². The molecule has 1 amide bonds. The predicted octanol–water partition coefficient (Wildman–Crippen LogP) is 2.23. The number of anilines is 1. The summed E-state index contributed by atoms with van der Waals surface area (Å²) in [6.07, 6.45) is 1.53. The molecular formula is C15H12N4O2. The molecule has 6 nitrogen and oxygen atoms in total. The highest BCUT2D eigenvalue weighted by molar-refractivity contribution is 6.02. The summed E-state index contributed by atoms with van der Waals surface area (Å²) in [4.78, 5) is 12.0. The van der Waals surface area contributed by atoms with E-state index in [0.29, 0.717) is 11.4 Å². The number of hydrogen-bond acceptors (Lipinski definition) is 4. The zero-order valence-corrected chi connectivity index (χ0v) is 11.0. The Morgan fingerprint density at radius 2 is 1.76 bits per heavy atom. The molecule has 0 atom stereocenters. The first-order valence-electron chi connectivity index (χ1n) is 6.30. The molecule has 0 aliphatic heterocycles. The van der Waals surface area contributed by atoms with Crippen molar-refractivity contribution in [1.29, 1.82) is 0 Å². The average Bonchev–Trinajstić information content (AvgIpc) is 2.99. The van der Waals surface area contributed by atoms with Crippen molar-refractivity contribution in [1.82, 2.24) is 15.0 Å². The van der Waals surface area contributed by atoms with Gasteiger partial charge in [-0.15, -0.1) is 5.10 Å². The van der Waals surface area contributed by atoms with E-state index in [9.17, 15) is 9.90 Å². The zero-order valence-electron chi connectivity index (χ0n) is 11.0. The van der Waals surface area contributed by atoms with Crippen LogP contribution in [0.1, 0.15) is 10.5 Å². The summed E-state index contributed by atoms with van der Waals surface area (Å²) in [6, 6.07) is 15.6. The number of carbonyl (C=O) groups excluding carboxylic acids is 1. The number of phenols is 1. The van der Waals surface area contributed by atoms with Crippen LogP contribution in [0.2, 0.25) is 0 Å². The lowest BCUT2D eigenvalue weighted by molar-refractivity contribution is 0.102. The Balaban J connectivity index is 1.78. The van der Waals surface area contributed by atoms with Crippen LogP contribution < -0.4 is 5.32 Å². The van der Waals surface area contributed by atoms with E-state index in [1.807, 2.05) is 18.2 Å². The van der Waals surface area contributed by atoms with Crippen molar-refractivity contribution in [3.63, 3.8) is 0 Å². The molecule has 3 aromatic rings. The van der Waals surface area contributed by atoms with Gasteiger partial charge in [-0.25, -0.2) is 4.68 Å². The average molecular weight is 280 g/mol. The van der Waals surface area contributed by atoms with Crippen LogP contribution in [-0.2, 0) is 0 Å². The maximum atomic E-state index is 12.0. The van der Waals surface area contributed by atoms with Crippen LogP contribution in [0.25, 0.3) is 5.69 Å². The Labute approximate surface area is 120 Å². The van der Waals surface area contributed by atoms with E-state index in [1.165, 1.54) is 10.9 Å². The van der Waals surface area contributed by atoms with Crippen molar-refractivity contribution in [2.24, 2.45) is 0 Å². The molecule has 0 spiro atoms. The third kappa shape index (κ3) is 2.89. The number of amides is 1. The van der Waals surface area contributed by atoms with Gasteiger partial charge < -0.3 is 10.4 Å². The molecule has 6 heteroatoms. The summed E-state index contributed by atoms with van der Waals surface area (Å²) in [7, 11) is 0. The molecule has 0 aliphatic carbocycles. The number of hydrogen-bond donors (Lipinski definition) is 2. The summed E-state index contributed by atoms with van der Waals surface area (Å²) in [5.74, 6) is -0.160. The lowest BCUT2D eigenvalue weighted by Gasteiger charge is -2.01. The van der Waals surface area contributed by atoms with Crippen molar-refractivity contribution in [3.05, 3.63) is 66.5 Å². The van der Waals surface area contributed by atoms with Crippen LogP contribution >= 0.6 is 0 Å². The molecule has 0 bridgehead atoms. The number of aromatic nitrogens is 3. The lowest BCUT2D eigenvalue weighted by atomic mass is 10.3. The van der Waals surface area contributed by atoms with Gasteiger partial charge in [-0.2, -0.15) is 0 Å². The van der Waals surface area contributed by atoms with Crippen LogP contribution in [0.15, 0.2) is 60.8 Å². The van der Waals surface area contributed by atoms with Crippen molar-refractivity contribution >= 4 is 11.6 Å². The van der Waals surface area contributed by atoms with E-state index < -0.39 is 0 Å². The maximum absolute atomic E-state index is 12.0. The van der Waals surface area contributed by atoms with E-state index in [4.69, 9.17) is 0 Å². The SMILES string of the molecule is O=C(Nc1ccccc1)c1cn(-c2ccc(O)cc2)nn1.